The van der Waals surface area contributed by atoms with Gasteiger partial charge in [-0.1, -0.05) is 12.1 Å². The summed E-state index contributed by atoms with van der Waals surface area (Å²) in [5.74, 6) is 4.19. The number of rotatable bonds is 0. The quantitative estimate of drug-likeness (QED) is 0.387. The van der Waals surface area contributed by atoms with E-state index < -0.39 is 0 Å². The fourth-order valence-electron chi connectivity index (χ4n) is 0.248. The summed E-state index contributed by atoms with van der Waals surface area (Å²) < 4.78 is 0. The third-order valence-electron chi connectivity index (χ3n) is 0.455. The van der Waals surface area contributed by atoms with Gasteiger partial charge in [-0.25, -0.2) is 11.6 Å². The van der Waals surface area contributed by atoms with Crippen molar-refractivity contribution in [2.24, 2.45) is 0 Å². The minimum Gasteiger partial charge on any atom is -0.531 e. The van der Waals surface area contributed by atoms with Crippen LogP contribution in [0.15, 0.2) is 23.7 Å². The van der Waals surface area contributed by atoms with E-state index in [9.17, 15) is 0 Å². The van der Waals surface area contributed by atoms with Crippen LogP contribution in [0.4, 0.5) is 0 Å². The topological polar surface area (TPSA) is 0 Å². The number of hydrogen-bond donors (Lipinski definition) is 0. The van der Waals surface area contributed by atoms with Crippen molar-refractivity contribution < 1.29 is 51.4 Å². The maximum Gasteiger partial charge on any atom is 1.00 e. The molecule has 0 fully saturated rings. The molecule has 0 nitrogen and oxygen atoms in total. The van der Waals surface area contributed by atoms with Crippen molar-refractivity contribution in [1.82, 2.24) is 0 Å². The van der Waals surface area contributed by atoms with E-state index in [4.69, 9.17) is 0 Å². The summed E-state index contributed by atoms with van der Waals surface area (Å²) in [4.78, 5) is 0. The van der Waals surface area contributed by atoms with Crippen LogP contribution >= 0.6 is 8.19 Å². The molecule has 0 radical (unpaired) electrons. The second-order valence-electron chi connectivity index (χ2n) is 0.832. The van der Waals surface area contributed by atoms with Crippen LogP contribution in [0.25, 0.3) is 0 Å². The maximum absolute atomic E-state index is 2.10. The van der Waals surface area contributed by atoms with E-state index >= 15 is 0 Å². The molecule has 0 spiro atoms. The fourth-order valence-corrected chi connectivity index (χ4v) is 0.745. The van der Waals surface area contributed by atoms with Crippen LogP contribution in [0.2, 0.25) is 0 Å². The standard InChI is InChI=1S/C4H4P.K/c1-2-4-5-3-1;/h1-4H;/q-1;+1. The summed E-state index contributed by atoms with van der Waals surface area (Å²) in [5, 5.41) is 0. The molecule has 0 aliphatic rings. The molecule has 0 saturated carbocycles. The van der Waals surface area contributed by atoms with Crippen LogP contribution in [0, 0.1) is 0 Å². The van der Waals surface area contributed by atoms with Crippen molar-refractivity contribution in [3.63, 3.8) is 0 Å². The van der Waals surface area contributed by atoms with Gasteiger partial charge in [0.2, 0.25) is 0 Å². The van der Waals surface area contributed by atoms with Gasteiger partial charge in [-0.05, 0) is 0 Å². The Morgan fingerprint density at radius 1 is 1.00 bits per heavy atom. The van der Waals surface area contributed by atoms with Gasteiger partial charge in [0.25, 0.3) is 0 Å². The Balaban J connectivity index is 0.000000250. The molecule has 0 bridgehead atoms. The van der Waals surface area contributed by atoms with E-state index in [2.05, 4.69) is 11.6 Å². The van der Waals surface area contributed by atoms with Gasteiger partial charge in [0.05, 0.1) is 0 Å². The minimum absolute atomic E-state index is 0. The predicted molar refractivity (Wildman–Crippen MR) is 24.5 cm³/mol. The largest absolute Gasteiger partial charge is 1.00 e. The first-order chi connectivity index (χ1) is 2.50. The molecule has 6 heavy (non-hydrogen) atoms. The van der Waals surface area contributed by atoms with Gasteiger partial charge in [-0.2, -0.15) is 0 Å². The van der Waals surface area contributed by atoms with E-state index in [1.54, 1.807) is 0 Å². The van der Waals surface area contributed by atoms with Gasteiger partial charge in [-0.3, -0.25) is 0 Å². The van der Waals surface area contributed by atoms with E-state index in [-0.39, 0.29) is 51.4 Å². The predicted octanol–water partition coefficient (Wildman–Crippen LogP) is -1.01. The van der Waals surface area contributed by atoms with Crippen LogP contribution in [0.3, 0.4) is 0 Å². The summed E-state index contributed by atoms with van der Waals surface area (Å²) >= 11 is 0. The Kier molecular flexibility index (Phi) is 5.65. The Bertz CT molecular complexity index is 64.0. The molecule has 1 aromatic rings. The number of hydrogen-bond acceptors (Lipinski definition) is 0. The van der Waals surface area contributed by atoms with Gasteiger partial charge in [0.15, 0.2) is 0 Å². The molecule has 1 aromatic heterocycles. The third-order valence-corrected chi connectivity index (χ3v) is 1.14. The molecule has 0 aliphatic heterocycles. The van der Waals surface area contributed by atoms with Gasteiger partial charge in [0.1, 0.15) is 0 Å². The van der Waals surface area contributed by atoms with Gasteiger partial charge in [0, 0.05) is 0 Å². The summed E-state index contributed by atoms with van der Waals surface area (Å²) in [7, 11) is 1.33. The first kappa shape index (κ1) is 7.42. The molecule has 0 amide bonds. The molecule has 0 saturated heterocycles. The second-order valence-corrected chi connectivity index (χ2v) is 1.73. The summed E-state index contributed by atoms with van der Waals surface area (Å²) in [5.41, 5.74) is 0. The SMILES string of the molecule is [K+].c1cc[p-]c1. The average Bonchev–Trinajstić information content (AvgIpc) is 1.76. The second kappa shape index (κ2) is 4.57. The molecule has 0 unspecified atom stereocenters. The van der Waals surface area contributed by atoms with Crippen molar-refractivity contribution in [3.8, 4) is 0 Å². The molecular formula is C4H4KP. The first-order valence-corrected chi connectivity index (χ1v) is 2.55. The van der Waals surface area contributed by atoms with E-state index in [0.717, 1.165) is 0 Å². The molecule has 0 aliphatic carbocycles. The zero-order chi connectivity index (χ0) is 3.54. The zero-order valence-corrected chi connectivity index (χ0v) is 7.77. The van der Waals surface area contributed by atoms with E-state index in [0.29, 0.717) is 0 Å². The van der Waals surface area contributed by atoms with E-state index in [1.807, 2.05) is 12.1 Å². The Morgan fingerprint density at radius 2 is 1.50 bits per heavy atom. The summed E-state index contributed by atoms with van der Waals surface area (Å²) in [6.07, 6.45) is 0. The van der Waals surface area contributed by atoms with Crippen LogP contribution in [0.1, 0.15) is 0 Å². The Hall–Kier alpha value is 1.42. The van der Waals surface area contributed by atoms with Crippen molar-refractivity contribution >= 4 is 8.19 Å². The third kappa shape index (κ3) is 2.57. The Morgan fingerprint density at radius 3 is 1.67 bits per heavy atom. The Labute approximate surface area is 81.8 Å². The van der Waals surface area contributed by atoms with Crippen LogP contribution < -0.4 is 51.4 Å². The van der Waals surface area contributed by atoms with Crippen molar-refractivity contribution in [2.45, 2.75) is 0 Å². The molecule has 1 rings (SSSR count). The van der Waals surface area contributed by atoms with Crippen LogP contribution in [-0.2, 0) is 0 Å². The smallest absolute Gasteiger partial charge is 0.531 e. The average molecular weight is 122 g/mol. The van der Waals surface area contributed by atoms with Crippen LogP contribution in [-0.4, -0.2) is 0 Å². The maximum atomic E-state index is 2.10. The van der Waals surface area contributed by atoms with Crippen molar-refractivity contribution in [1.29, 1.82) is 0 Å². The molecular weight excluding hydrogens is 118 g/mol. The van der Waals surface area contributed by atoms with Gasteiger partial charge < -0.3 is 8.19 Å². The monoisotopic (exact) mass is 122 g/mol. The molecule has 26 valence electrons. The molecule has 0 atom stereocenters. The van der Waals surface area contributed by atoms with E-state index in [1.165, 1.54) is 8.19 Å². The summed E-state index contributed by atoms with van der Waals surface area (Å²) in [6.45, 7) is 0. The molecule has 0 aromatic carbocycles. The van der Waals surface area contributed by atoms with Gasteiger partial charge >= 0.3 is 51.4 Å². The molecule has 1 heterocycles. The summed E-state index contributed by atoms with van der Waals surface area (Å²) in [6, 6.07) is 4.09. The fraction of sp³-hybridized carbons (Fsp3) is 0. The normalized spacial score (nSPS) is 6.67. The van der Waals surface area contributed by atoms with Crippen molar-refractivity contribution in [3.05, 3.63) is 23.7 Å². The van der Waals surface area contributed by atoms with Crippen LogP contribution in [0.5, 0.6) is 0 Å². The zero-order valence-electron chi connectivity index (χ0n) is 3.76. The molecule has 0 N–H and O–H groups in total. The van der Waals surface area contributed by atoms with Gasteiger partial charge in [-0.15, -0.1) is 0 Å². The molecule has 2 heteroatoms. The first-order valence-electron chi connectivity index (χ1n) is 1.52. The van der Waals surface area contributed by atoms with Crippen molar-refractivity contribution in [2.75, 3.05) is 0 Å². The minimum atomic E-state index is 0.